The van der Waals surface area contributed by atoms with Crippen LogP contribution in [-0.4, -0.2) is 199 Å². The summed E-state index contributed by atoms with van der Waals surface area (Å²) < 4.78 is 40.5. The Balaban J connectivity index is 0.000000435. The molecule has 12 atom stereocenters. The first-order valence-electron chi connectivity index (χ1n) is 30.0. The van der Waals surface area contributed by atoms with Crippen molar-refractivity contribution in [1.29, 1.82) is 0 Å². The van der Waals surface area contributed by atoms with E-state index in [0.717, 1.165) is 135 Å². The van der Waals surface area contributed by atoms with Crippen LogP contribution >= 0.6 is 0 Å². The molecule has 8 aliphatic carbocycles. The number of hydrogen-bond acceptors (Lipinski definition) is 16. The summed E-state index contributed by atoms with van der Waals surface area (Å²) in [5, 5.41) is 71.7. The van der Waals surface area contributed by atoms with E-state index in [0.29, 0.717) is 86.2 Å². The Kier molecular flexibility index (Phi) is 46.3. The molecule has 8 N–H and O–H groups in total. The van der Waals surface area contributed by atoms with Gasteiger partial charge in [-0.1, -0.05) is 12.8 Å². The van der Waals surface area contributed by atoms with E-state index >= 15 is 0 Å². The molecule has 8 fully saturated rings. The minimum absolute atomic E-state index is 0.0589. The molecule has 0 heterocycles. The van der Waals surface area contributed by atoms with Gasteiger partial charge in [-0.25, -0.2) is 0 Å². The summed E-state index contributed by atoms with van der Waals surface area (Å²) in [6, 6.07) is 0. The van der Waals surface area contributed by atoms with E-state index in [1.54, 1.807) is 56.9 Å². The van der Waals surface area contributed by atoms with Crippen molar-refractivity contribution in [3.8, 4) is 0 Å². The van der Waals surface area contributed by atoms with E-state index < -0.39 is 0 Å². The Labute approximate surface area is 463 Å². The van der Waals surface area contributed by atoms with Crippen LogP contribution in [0.15, 0.2) is 0 Å². The lowest BCUT2D eigenvalue weighted by molar-refractivity contribution is 0.00983. The molecule has 0 saturated heterocycles. The summed E-state index contributed by atoms with van der Waals surface area (Å²) in [4.78, 5) is 0. The normalized spacial score (nSPS) is 34.7. The highest BCUT2D eigenvalue weighted by Crippen LogP contribution is 2.33. The predicted molar refractivity (Wildman–Crippen MR) is 300 cm³/mol. The van der Waals surface area contributed by atoms with E-state index in [9.17, 15) is 0 Å². The van der Waals surface area contributed by atoms with Gasteiger partial charge in [0.2, 0.25) is 0 Å². The first-order chi connectivity index (χ1) is 36.8. The first kappa shape index (κ1) is 73.4. The predicted octanol–water partition coefficient (Wildman–Crippen LogP) is 7.91. The zero-order valence-electron chi connectivity index (χ0n) is 49.5. The van der Waals surface area contributed by atoms with Crippen LogP contribution in [0, 0.1) is 47.3 Å². The molecule has 8 saturated carbocycles. The molecule has 456 valence electrons. The molecule has 0 aromatic carbocycles. The molecule has 0 bridgehead atoms. The van der Waals surface area contributed by atoms with Gasteiger partial charge in [0.05, 0.1) is 48.8 Å². The number of ether oxygens (including phenoxy) is 8. The monoisotopic (exact) mass is 1100 g/mol. The summed E-state index contributed by atoms with van der Waals surface area (Å²) >= 11 is 0. The molecule has 12 unspecified atom stereocenters. The second kappa shape index (κ2) is 47.9. The topological polar surface area (TPSA) is 236 Å². The molecule has 0 aromatic heterocycles. The van der Waals surface area contributed by atoms with E-state index in [1.807, 2.05) is 0 Å². The second-order valence-electron chi connectivity index (χ2n) is 23.3. The zero-order valence-corrected chi connectivity index (χ0v) is 49.5. The molecular formula is C60H120O16. The Morgan fingerprint density at radius 1 is 0.289 bits per heavy atom. The quantitative estimate of drug-likeness (QED) is 0.0733. The maximum absolute atomic E-state index is 9.13. The van der Waals surface area contributed by atoms with Crippen molar-refractivity contribution in [2.45, 2.75) is 229 Å². The number of rotatable bonds is 16. The van der Waals surface area contributed by atoms with Crippen LogP contribution < -0.4 is 0 Å². The smallest absolute Gasteiger partial charge is 0.0830 e. The Hall–Kier alpha value is -0.640. The van der Waals surface area contributed by atoms with Crippen LogP contribution in [0.2, 0.25) is 0 Å². The standard InChI is InChI=1S/2C9H18O2.2C8H16O2.2C7H14O2.2C6H12O2/c1-11-7-9-4-2-8(6-10)3-5-9;1-11-7-9-4-2-3-8(5-9)6-10;1-10-6-8-3-2-7(4-8)5-9;1-10-6-8-4-2-3-7(8)5-9;1-9-7-4-2-6(8)3-5-7;1-9-7-4-2-3-6(8)5-7;1-8-6-3-2-5(7)4-6;1-8-6-4-2-3-5(6)7/h2*8-10H,2-7H2,1H3;2*7-9H,2-6H2,1H3;2*6-8H,2-5H2,1H3;2*5-7H,2-4H2,1H3. The van der Waals surface area contributed by atoms with Gasteiger partial charge in [-0.05, 0) is 214 Å². The molecule has 8 rings (SSSR count). The van der Waals surface area contributed by atoms with Crippen molar-refractivity contribution in [3.63, 3.8) is 0 Å². The average Bonchev–Trinajstić information content (AvgIpc) is 4.30. The maximum Gasteiger partial charge on any atom is 0.0830 e. The van der Waals surface area contributed by atoms with E-state index in [2.05, 4.69) is 0 Å². The molecule has 0 aliphatic heterocycles. The van der Waals surface area contributed by atoms with Crippen LogP contribution in [0.25, 0.3) is 0 Å². The average molecular weight is 1100 g/mol. The third kappa shape index (κ3) is 34.6. The lowest BCUT2D eigenvalue weighted by Gasteiger charge is -2.27. The summed E-state index contributed by atoms with van der Waals surface area (Å²) in [5.74, 6) is 4.97. The van der Waals surface area contributed by atoms with Crippen molar-refractivity contribution in [3.05, 3.63) is 0 Å². The van der Waals surface area contributed by atoms with Crippen molar-refractivity contribution < 1.29 is 78.7 Å². The van der Waals surface area contributed by atoms with Crippen molar-refractivity contribution in [2.24, 2.45) is 47.3 Å². The number of aliphatic hydroxyl groups excluding tert-OH is 8. The van der Waals surface area contributed by atoms with Crippen LogP contribution in [0.3, 0.4) is 0 Å². The van der Waals surface area contributed by atoms with Crippen LogP contribution in [0.5, 0.6) is 0 Å². The van der Waals surface area contributed by atoms with E-state index in [-0.39, 0.29) is 30.5 Å². The third-order valence-corrected chi connectivity index (χ3v) is 17.2. The molecule has 76 heavy (non-hydrogen) atoms. The summed E-state index contributed by atoms with van der Waals surface area (Å²) in [6.45, 7) is 4.91. The van der Waals surface area contributed by atoms with Gasteiger partial charge in [0.25, 0.3) is 0 Å². The fraction of sp³-hybridized carbons (Fsp3) is 1.00. The van der Waals surface area contributed by atoms with Gasteiger partial charge in [0.15, 0.2) is 0 Å². The minimum atomic E-state index is -0.194. The van der Waals surface area contributed by atoms with Crippen LogP contribution in [0.4, 0.5) is 0 Å². The van der Waals surface area contributed by atoms with Crippen molar-refractivity contribution >= 4 is 0 Å². The lowest BCUT2D eigenvalue weighted by atomic mass is 9.82. The zero-order chi connectivity index (χ0) is 56.4. The second-order valence-corrected chi connectivity index (χ2v) is 23.3. The largest absolute Gasteiger partial charge is 0.396 e. The fourth-order valence-corrected chi connectivity index (χ4v) is 12.2. The summed E-state index contributed by atoms with van der Waals surface area (Å²) in [6.07, 6.45) is 31.4. The van der Waals surface area contributed by atoms with Crippen LogP contribution in [0.1, 0.15) is 180 Å². The van der Waals surface area contributed by atoms with Crippen molar-refractivity contribution in [1.82, 2.24) is 0 Å². The highest BCUT2D eigenvalue weighted by atomic mass is 16.5. The molecule has 16 nitrogen and oxygen atoms in total. The molecule has 0 aromatic rings. The third-order valence-electron chi connectivity index (χ3n) is 17.2. The highest BCUT2D eigenvalue weighted by molar-refractivity contribution is 4.79. The fourth-order valence-electron chi connectivity index (χ4n) is 12.2. The van der Waals surface area contributed by atoms with Crippen LogP contribution in [-0.2, 0) is 37.9 Å². The SMILES string of the molecule is COC1CCC(O)C1.COC1CCC(O)CC1.COC1CCCC(O)C1.COC1CCCC1O.COCC1CCC(CO)C1.COCC1CCC(CO)CC1.COCC1CCCC(CO)C1.COCC1CCCC1CO. The van der Waals surface area contributed by atoms with E-state index in [1.165, 1.54) is 77.0 Å². The van der Waals surface area contributed by atoms with Gasteiger partial charge in [-0.3, -0.25) is 0 Å². The van der Waals surface area contributed by atoms with Gasteiger partial charge < -0.3 is 78.7 Å². The maximum atomic E-state index is 9.13. The Bertz CT molecular complexity index is 1240. The number of methoxy groups -OCH3 is 8. The Morgan fingerprint density at radius 3 is 1.13 bits per heavy atom. The number of hydrogen-bond donors (Lipinski definition) is 8. The van der Waals surface area contributed by atoms with Gasteiger partial charge in [0.1, 0.15) is 0 Å². The van der Waals surface area contributed by atoms with Gasteiger partial charge in [-0.2, -0.15) is 0 Å². The van der Waals surface area contributed by atoms with Crippen molar-refractivity contribution in [2.75, 3.05) is 110 Å². The first-order valence-corrected chi connectivity index (χ1v) is 30.0. The lowest BCUT2D eigenvalue weighted by Crippen LogP contribution is -2.24. The molecular weight excluding hydrogens is 977 g/mol. The molecule has 0 radical (unpaired) electrons. The highest BCUT2D eigenvalue weighted by Gasteiger charge is 2.28. The molecule has 0 amide bonds. The summed E-state index contributed by atoms with van der Waals surface area (Å²) in [5.41, 5.74) is 0. The Morgan fingerprint density at radius 2 is 0.697 bits per heavy atom. The number of aliphatic hydroxyl groups is 8. The van der Waals surface area contributed by atoms with E-state index in [4.69, 9.17) is 78.7 Å². The molecule has 8 aliphatic rings. The summed E-state index contributed by atoms with van der Waals surface area (Å²) in [7, 11) is 13.8. The minimum Gasteiger partial charge on any atom is -0.396 e. The molecule has 0 spiro atoms. The van der Waals surface area contributed by atoms with Gasteiger partial charge >= 0.3 is 0 Å². The van der Waals surface area contributed by atoms with Gasteiger partial charge in [-0.15, -0.1) is 0 Å². The molecule has 16 heteroatoms. The van der Waals surface area contributed by atoms with Gasteiger partial charge in [0, 0.05) is 110 Å².